The van der Waals surface area contributed by atoms with Crippen molar-refractivity contribution < 1.29 is 13.2 Å². The average Bonchev–Trinajstić information content (AvgIpc) is 3.17. The second kappa shape index (κ2) is 9.64. The number of halogens is 1. The normalized spacial score (nSPS) is 11.6. The van der Waals surface area contributed by atoms with Crippen LogP contribution in [0.2, 0.25) is 5.02 Å². The highest BCUT2D eigenvalue weighted by molar-refractivity contribution is 7.89. The Kier molecular flexibility index (Phi) is 7.15. The predicted molar refractivity (Wildman–Crippen MR) is 122 cm³/mol. The third-order valence-corrected chi connectivity index (χ3v) is 7.46. The van der Waals surface area contributed by atoms with Gasteiger partial charge < -0.3 is 5.32 Å². The Hall–Kier alpha value is -2.68. The van der Waals surface area contributed by atoms with Crippen LogP contribution in [-0.4, -0.2) is 41.5 Å². The number of benzene rings is 2. The lowest BCUT2D eigenvalue weighted by Crippen LogP contribution is -2.31. The second-order valence-electron chi connectivity index (χ2n) is 7.05. The molecule has 164 valence electrons. The van der Waals surface area contributed by atoms with Crippen LogP contribution in [0.5, 0.6) is 0 Å². The summed E-state index contributed by atoms with van der Waals surface area (Å²) in [6.45, 7) is 6.63. The Morgan fingerprint density at radius 2 is 1.77 bits per heavy atom. The number of hydrogen-bond acceptors (Lipinski definition) is 4. The van der Waals surface area contributed by atoms with Crippen LogP contribution in [0.25, 0.3) is 0 Å². The van der Waals surface area contributed by atoms with Gasteiger partial charge in [-0.2, -0.15) is 9.40 Å². The molecule has 1 amide bonds. The van der Waals surface area contributed by atoms with E-state index in [0.717, 1.165) is 11.1 Å². The van der Waals surface area contributed by atoms with E-state index in [0.29, 0.717) is 25.5 Å². The van der Waals surface area contributed by atoms with Gasteiger partial charge in [-0.25, -0.2) is 13.1 Å². The second-order valence-corrected chi connectivity index (χ2v) is 9.36. The zero-order valence-electron chi connectivity index (χ0n) is 17.7. The number of aromatic nitrogens is 2. The summed E-state index contributed by atoms with van der Waals surface area (Å²) in [6.07, 6.45) is 1.60. The first-order valence-corrected chi connectivity index (χ1v) is 11.8. The maximum atomic E-state index is 12.9. The molecule has 9 heteroatoms. The number of nitrogens with zero attached hydrogens (tertiary/aromatic N) is 3. The first kappa shape index (κ1) is 23.0. The summed E-state index contributed by atoms with van der Waals surface area (Å²) >= 11 is 6.16. The number of nitrogens with one attached hydrogen (secondary N) is 1. The van der Waals surface area contributed by atoms with Crippen molar-refractivity contribution in [1.82, 2.24) is 14.1 Å². The number of anilines is 1. The van der Waals surface area contributed by atoms with Crippen LogP contribution in [0, 0.1) is 6.92 Å². The Morgan fingerprint density at radius 3 is 2.42 bits per heavy atom. The number of amides is 1. The smallest absolute Gasteiger partial charge is 0.256 e. The largest absolute Gasteiger partial charge is 0.307 e. The molecule has 2 aromatic carbocycles. The van der Waals surface area contributed by atoms with Gasteiger partial charge >= 0.3 is 0 Å². The van der Waals surface area contributed by atoms with Crippen LogP contribution in [0.4, 0.5) is 5.82 Å². The summed E-state index contributed by atoms with van der Waals surface area (Å²) in [5, 5.41) is 7.16. The molecule has 31 heavy (non-hydrogen) atoms. The van der Waals surface area contributed by atoms with Crippen molar-refractivity contribution in [1.29, 1.82) is 0 Å². The lowest BCUT2D eigenvalue weighted by Gasteiger charge is -2.19. The summed E-state index contributed by atoms with van der Waals surface area (Å²) in [4.78, 5) is 12.8. The Bertz CT molecular complexity index is 1170. The maximum Gasteiger partial charge on any atom is 0.256 e. The average molecular weight is 461 g/mol. The van der Waals surface area contributed by atoms with Gasteiger partial charge in [0.1, 0.15) is 10.7 Å². The minimum absolute atomic E-state index is 0.0767. The van der Waals surface area contributed by atoms with Gasteiger partial charge in [0, 0.05) is 24.7 Å². The molecule has 1 aromatic heterocycles. The van der Waals surface area contributed by atoms with Crippen molar-refractivity contribution >= 4 is 33.3 Å². The van der Waals surface area contributed by atoms with Gasteiger partial charge in [-0.3, -0.25) is 4.79 Å². The number of rotatable bonds is 8. The molecule has 0 aliphatic rings. The van der Waals surface area contributed by atoms with Gasteiger partial charge in [-0.05, 0) is 30.7 Å². The third-order valence-electron chi connectivity index (χ3n) is 4.93. The molecule has 0 bridgehead atoms. The van der Waals surface area contributed by atoms with E-state index in [9.17, 15) is 13.2 Å². The Labute approximate surface area is 187 Å². The molecule has 7 nitrogen and oxygen atoms in total. The van der Waals surface area contributed by atoms with E-state index in [4.69, 9.17) is 11.6 Å². The fraction of sp³-hybridized carbons (Fsp3) is 0.273. The SMILES string of the molecule is CCN(CC)S(=O)(=O)c1cc(C(=O)Nc2ccnn2Cc2ccc(C)cc2)ccc1Cl. The lowest BCUT2D eigenvalue weighted by atomic mass is 10.1. The van der Waals surface area contributed by atoms with Crippen LogP contribution in [-0.2, 0) is 16.6 Å². The number of hydrogen-bond donors (Lipinski definition) is 1. The molecular formula is C22H25ClN4O3S. The van der Waals surface area contributed by atoms with Gasteiger partial charge in [0.2, 0.25) is 10.0 Å². The van der Waals surface area contributed by atoms with Crippen LogP contribution in [0.15, 0.2) is 59.6 Å². The van der Waals surface area contributed by atoms with Crippen molar-refractivity contribution in [3.63, 3.8) is 0 Å². The molecule has 1 heterocycles. The van der Waals surface area contributed by atoms with Gasteiger partial charge in [0.05, 0.1) is 17.8 Å². The lowest BCUT2D eigenvalue weighted by molar-refractivity contribution is 0.102. The van der Waals surface area contributed by atoms with Crippen LogP contribution in [0.1, 0.15) is 35.3 Å². The number of carbonyl (C=O) groups excluding carboxylic acids is 1. The number of carbonyl (C=O) groups is 1. The van der Waals surface area contributed by atoms with E-state index in [-0.39, 0.29) is 15.5 Å². The van der Waals surface area contributed by atoms with Crippen molar-refractivity contribution in [3.8, 4) is 0 Å². The van der Waals surface area contributed by atoms with Gasteiger partial charge in [-0.1, -0.05) is 55.3 Å². The molecule has 0 saturated heterocycles. The number of aryl methyl sites for hydroxylation is 1. The summed E-state index contributed by atoms with van der Waals surface area (Å²) in [5.41, 5.74) is 2.40. The molecule has 0 unspecified atom stereocenters. The highest BCUT2D eigenvalue weighted by Crippen LogP contribution is 2.26. The molecule has 0 radical (unpaired) electrons. The van der Waals surface area contributed by atoms with Crippen molar-refractivity contribution in [2.45, 2.75) is 32.2 Å². The van der Waals surface area contributed by atoms with Crippen LogP contribution >= 0.6 is 11.6 Å². The fourth-order valence-electron chi connectivity index (χ4n) is 3.16. The van der Waals surface area contributed by atoms with E-state index in [1.807, 2.05) is 31.2 Å². The zero-order valence-corrected chi connectivity index (χ0v) is 19.2. The summed E-state index contributed by atoms with van der Waals surface area (Å²) in [5.74, 6) is 0.0620. The molecule has 3 aromatic rings. The Balaban J connectivity index is 1.84. The number of sulfonamides is 1. The maximum absolute atomic E-state index is 12.9. The molecule has 0 atom stereocenters. The first-order valence-electron chi connectivity index (χ1n) is 9.94. The van der Waals surface area contributed by atoms with E-state index in [1.54, 1.807) is 30.8 Å². The topological polar surface area (TPSA) is 84.3 Å². The van der Waals surface area contributed by atoms with Crippen LogP contribution in [0.3, 0.4) is 0 Å². The van der Waals surface area contributed by atoms with Crippen LogP contribution < -0.4 is 5.32 Å². The van der Waals surface area contributed by atoms with E-state index < -0.39 is 15.9 Å². The first-order chi connectivity index (χ1) is 14.8. The third kappa shape index (κ3) is 5.15. The van der Waals surface area contributed by atoms with E-state index in [2.05, 4.69) is 10.4 Å². The highest BCUT2D eigenvalue weighted by atomic mass is 35.5. The van der Waals surface area contributed by atoms with Gasteiger partial charge in [0.25, 0.3) is 5.91 Å². The highest BCUT2D eigenvalue weighted by Gasteiger charge is 2.25. The minimum atomic E-state index is -3.80. The molecule has 0 fully saturated rings. The molecule has 0 aliphatic heterocycles. The molecule has 3 rings (SSSR count). The summed E-state index contributed by atoms with van der Waals surface area (Å²) < 4.78 is 28.7. The minimum Gasteiger partial charge on any atom is -0.307 e. The summed E-state index contributed by atoms with van der Waals surface area (Å²) in [6, 6.07) is 14.0. The molecule has 0 aliphatic carbocycles. The van der Waals surface area contributed by atoms with Gasteiger partial charge in [-0.15, -0.1) is 0 Å². The summed E-state index contributed by atoms with van der Waals surface area (Å²) in [7, 11) is -3.80. The molecule has 0 saturated carbocycles. The fourth-order valence-corrected chi connectivity index (χ4v) is 5.12. The molecule has 0 spiro atoms. The molecular weight excluding hydrogens is 436 g/mol. The zero-order chi connectivity index (χ0) is 22.6. The predicted octanol–water partition coefficient (Wildman–Crippen LogP) is 4.18. The quantitative estimate of drug-likeness (QED) is 0.546. The van der Waals surface area contributed by atoms with E-state index in [1.165, 1.54) is 22.5 Å². The molecule has 1 N–H and O–H groups in total. The monoisotopic (exact) mass is 460 g/mol. The van der Waals surface area contributed by atoms with E-state index >= 15 is 0 Å². The van der Waals surface area contributed by atoms with Gasteiger partial charge in [0.15, 0.2) is 0 Å². The van der Waals surface area contributed by atoms with Crippen molar-refractivity contribution in [3.05, 3.63) is 76.4 Å². The van der Waals surface area contributed by atoms with Crippen molar-refractivity contribution in [2.75, 3.05) is 18.4 Å². The van der Waals surface area contributed by atoms with Crippen molar-refractivity contribution in [2.24, 2.45) is 0 Å². The Morgan fingerprint density at radius 1 is 1.10 bits per heavy atom. The standard InChI is InChI=1S/C22H25ClN4O3S/c1-4-26(5-2)31(29,30)20-14-18(10-11-19(20)23)22(28)25-21-12-13-24-27(21)15-17-8-6-16(3)7-9-17/h6-14H,4-5,15H2,1-3H3,(H,25,28).